The highest BCUT2D eigenvalue weighted by atomic mass is 79.9. The van der Waals surface area contributed by atoms with Gasteiger partial charge < -0.3 is 5.32 Å². The van der Waals surface area contributed by atoms with Crippen LogP contribution in [0.2, 0.25) is 0 Å². The molecule has 0 saturated carbocycles. The third-order valence-electron chi connectivity index (χ3n) is 2.62. The lowest BCUT2D eigenvalue weighted by atomic mass is 10.0. The van der Waals surface area contributed by atoms with Crippen LogP contribution < -0.4 is 5.32 Å². The third kappa shape index (κ3) is 2.73. The normalized spacial score (nSPS) is 12.4. The van der Waals surface area contributed by atoms with Crippen LogP contribution in [0, 0.1) is 11.6 Å². The van der Waals surface area contributed by atoms with E-state index in [4.69, 9.17) is 0 Å². The number of rotatable bonds is 3. The second-order valence-electron chi connectivity index (χ2n) is 3.82. The molecule has 1 atom stereocenters. The average Bonchev–Trinajstić information content (AvgIpc) is 2.35. The summed E-state index contributed by atoms with van der Waals surface area (Å²) in [5, 5.41) is 3.03. The maximum absolute atomic E-state index is 13.3. The first-order chi connectivity index (χ1) is 8.61. The number of pyridine rings is 1. The van der Waals surface area contributed by atoms with E-state index >= 15 is 0 Å². The minimum absolute atomic E-state index is 0.321. The van der Waals surface area contributed by atoms with Crippen molar-refractivity contribution in [3.8, 4) is 0 Å². The molecule has 1 unspecified atom stereocenters. The number of nitrogens with one attached hydrogen (secondary N) is 1. The maximum Gasteiger partial charge on any atom is 0.141 e. The van der Waals surface area contributed by atoms with Crippen LogP contribution in [0.3, 0.4) is 0 Å². The zero-order valence-electron chi connectivity index (χ0n) is 9.62. The maximum atomic E-state index is 13.3. The third-order valence-corrected chi connectivity index (χ3v) is 3.34. The summed E-state index contributed by atoms with van der Waals surface area (Å²) < 4.78 is 27.2. The second kappa shape index (κ2) is 5.54. The summed E-state index contributed by atoms with van der Waals surface area (Å²) in [5.41, 5.74) is 1.34. The van der Waals surface area contributed by atoms with Crippen molar-refractivity contribution >= 4 is 15.9 Å². The smallest absolute Gasteiger partial charge is 0.141 e. The van der Waals surface area contributed by atoms with Crippen LogP contribution in [0.25, 0.3) is 0 Å². The Hall–Kier alpha value is -1.33. The Morgan fingerprint density at radius 3 is 2.61 bits per heavy atom. The van der Waals surface area contributed by atoms with Crippen molar-refractivity contribution < 1.29 is 8.78 Å². The molecular formula is C13H11BrF2N2. The summed E-state index contributed by atoms with van der Waals surface area (Å²) in [5.74, 6) is -0.752. The van der Waals surface area contributed by atoms with Crippen molar-refractivity contribution in [2.24, 2.45) is 0 Å². The molecule has 2 nitrogen and oxygen atoms in total. The van der Waals surface area contributed by atoms with Gasteiger partial charge in [-0.3, -0.25) is 4.98 Å². The lowest BCUT2D eigenvalue weighted by Crippen LogP contribution is -2.18. The molecule has 1 aromatic carbocycles. The topological polar surface area (TPSA) is 24.9 Å². The van der Waals surface area contributed by atoms with E-state index in [1.54, 1.807) is 19.3 Å². The molecule has 94 valence electrons. The highest BCUT2D eigenvalue weighted by molar-refractivity contribution is 9.10. The van der Waals surface area contributed by atoms with Gasteiger partial charge in [-0.05, 0) is 42.4 Å². The summed E-state index contributed by atoms with van der Waals surface area (Å²) in [4.78, 5) is 3.81. The second-order valence-corrected chi connectivity index (χ2v) is 4.68. The molecule has 18 heavy (non-hydrogen) atoms. The first kappa shape index (κ1) is 13.1. The number of nitrogens with zero attached hydrogens (tertiary/aromatic N) is 1. The molecule has 0 saturated heterocycles. The highest BCUT2D eigenvalue weighted by Crippen LogP contribution is 2.28. The minimum atomic E-state index is -0.416. The molecule has 2 aromatic rings. The lowest BCUT2D eigenvalue weighted by molar-refractivity contribution is 0.602. The lowest BCUT2D eigenvalue weighted by Gasteiger charge is -2.18. The molecule has 0 aliphatic carbocycles. The van der Waals surface area contributed by atoms with Gasteiger partial charge in [0.2, 0.25) is 0 Å². The van der Waals surface area contributed by atoms with Crippen molar-refractivity contribution in [1.82, 2.24) is 10.3 Å². The van der Waals surface area contributed by atoms with E-state index in [2.05, 4.69) is 26.2 Å². The molecule has 0 radical (unpaired) electrons. The predicted molar refractivity (Wildman–Crippen MR) is 69.2 cm³/mol. The zero-order valence-corrected chi connectivity index (χ0v) is 11.2. The summed E-state index contributed by atoms with van der Waals surface area (Å²) in [6.07, 6.45) is 2.69. The number of aromatic nitrogens is 1. The van der Waals surface area contributed by atoms with Gasteiger partial charge in [0.25, 0.3) is 0 Å². The van der Waals surface area contributed by atoms with Crippen LogP contribution in [0.15, 0.2) is 41.1 Å². The minimum Gasteiger partial charge on any atom is -0.309 e. The van der Waals surface area contributed by atoms with Crippen molar-refractivity contribution in [2.75, 3.05) is 7.05 Å². The standard InChI is InChI=1S/C13H11BrF2N2/c1-17-13(8-4-10(16)7-18-6-8)11-5-9(15)2-3-12(11)14/h2-7,13,17H,1H3. The van der Waals surface area contributed by atoms with Crippen molar-refractivity contribution in [3.05, 3.63) is 63.9 Å². The fourth-order valence-electron chi connectivity index (χ4n) is 1.82. The van der Waals surface area contributed by atoms with Crippen LogP contribution in [0.1, 0.15) is 17.2 Å². The summed E-state index contributed by atoms with van der Waals surface area (Å²) in [7, 11) is 1.73. The average molecular weight is 313 g/mol. The van der Waals surface area contributed by atoms with Gasteiger partial charge in [0.05, 0.1) is 12.2 Å². The van der Waals surface area contributed by atoms with Gasteiger partial charge in [-0.1, -0.05) is 15.9 Å². The van der Waals surface area contributed by atoms with Gasteiger partial charge >= 0.3 is 0 Å². The predicted octanol–water partition coefficient (Wildman–Crippen LogP) is 3.43. The Bertz CT molecular complexity index is 560. The fraction of sp³-hybridized carbons (Fsp3) is 0.154. The van der Waals surface area contributed by atoms with E-state index in [1.807, 2.05) is 0 Å². The Labute approximate surface area is 112 Å². The molecule has 1 N–H and O–H groups in total. The van der Waals surface area contributed by atoms with E-state index in [0.717, 1.165) is 10.7 Å². The summed E-state index contributed by atoms with van der Waals surface area (Å²) >= 11 is 3.37. The Kier molecular flexibility index (Phi) is 4.04. The fourth-order valence-corrected chi connectivity index (χ4v) is 2.30. The molecule has 1 aromatic heterocycles. The van der Waals surface area contributed by atoms with Crippen molar-refractivity contribution in [2.45, 2.75) is 6.04 Å². The van der Waals surface area contributed by atoms with E-state index in [-0.39, 0.29) is 11.9 Å². The van der Waals surface area contributed by atoms with Gasteiger partial charge in [-0.2, -0.15) is 0 Å². The molecule has 1 heterocycles. The van der Waals surface area contributed by atoms with Crippen molar-refractivity contribution in [1.29, 1.82) is 0 Å². The Morgan fingerprint density at radius 2 is 1.94 bits per heavy atom. The quantitative estimate of drug-likeness (QED) is 0.939. The molecule has 0 fully saturated rings. The van der Waals surface area contributed by atoms with Crippen LogP contribution >= 0.6 is 15.9 Å². The molecular weight excluding hydrogens is 302 g/mol. The van der Waals surface area contributed by atoms with Crippen molar-refractivity contribution in [3.63, 3.8) is 0 Å². The summed E-state index contributed by atoms with van der Waals surface area (Å²) in [6.45, 7) is 0. The first-order valence-electron chi connectivity index (χ1n) is 5.34. The molecule has 0 aliphatic rings. The van der Waals surface area contributed by atoms with Crippen LogP contribution in [0.4, 0.5) is 8.78 Å². The monoisotopic (exact) mass is 312 g/mol. The van der Waals surface area contributed by atoms with E-state index in [0.29, 0.717) is 11.1 Å². The molecule has 2 rings (SSSR count). The zero-order chi connectivity index (χ0) is 13.1. The van der Waals surface area contributed by atoms with Gasteiger partial charge in [-0.15, -0.1) is 0 Å². The molecule has 5 heteroatoms. The number of hydrogen-bond donors (Lipinski definition) is 1. The van der Waals surface area contributed by atoms with E-state index in [1.165, 1.54) is 18.2 Å². The number of halogens is 3. The first-order valence-corrected chi connectivity index (χ1v) is 6.14. The van der Waals surface area contributed by atoms with Crippen LogP contribution in [0.5, 0.6) is 0 Å². The summed E-state index contributed by atoms with van der Waals surface area (Å²) in [6, 6.07) is 5.46. The number of hydrogen-bond acceptors (Lipinski definition) is 2. The van der Waals surface area contributed by atoms with Gasteiger partial charge in [0, 0.05) is 10.7 Å². The van der Waals surface area contributed by atoms with Crippen LogP contribution in [-0.2, 0) is 0 Å². The molecule has 0 amide bonds. The van der Waals surface area contributed by atoms with Gasteiger partial charge in [-0.25, -0.2) is 8.78 Å². The SMILES string of the molecule is CNC(c1cncc(F)c1)c1cc(F)ccc1Br. The molecule has 0 spiro atoms. The highest BCUT2D eigenvalue weighted by Gasteiger charge is 2.16. The van der Waals surface area contributed by atoms with Gasteiger partial charge in [0.1, 0.15) is 11.6 Å². The van der Waals surface area contributed by atoms with Gasteiger partial charge in [0.15, 0.2) is 0 Å². The Morgan fingerprint density at radius 1 is 1.17 bits per heavy atom. The van der Waals surface area contributed by atoms with Crippen LogP contribution in [-0.4, -0.2) is 12.0 Å². The van der Waals surface area contributed by atoms with E-state index in [9.17, 15) is 8.78 Å². The largest absolute Gasteiger partial charge is 0.309 e. The molecule has 0 bridgehead atoms. The van der Waals surface area contributed by atoms with E-state index < -0.39 is 5.82 Å². The Balaban J connectivity index is 2.48. The molecule has 0 aliphatic heterocycles. The number of benzene rings is 1.